The van der Waals surface area contributed by atoms with Crippen molar-refractivity contribution in [2.75, 3.05) is 0 Å². The van der Waals surface area contributed by atoms with Crippen molar-refractivity contribution < 1.29 is 4.68 Å². The molecule has 0 N–H and O–H groups in total. The maximum absolute atomic E-state index is 4.20. The lowest BCUT2D eigenvalue weighted by atomic mass is 10.1. The lowest BCUT2D eigenvalue weighted by Crippen LogP contribution is -2.37. The molecule has 0 saturated heterocycles. The van der Waals surface area contributed by atoms with Crippen molar-refractivity contribution in [2.24, 2.45) is 14.1 Å². The van der Waals surface area contributed by atoms with E-state index in [9.17, 15) is 0 Å². The molecule has 21 heavy (non-hydrogen) atoms. The molecule has 0 saturated carbocycles. The summed E-state index contributed by atoms with van der Waals surface area (Å²) in [5.74, 6) is 0. The Morgan fingerprint density at radius 1 is 1.05 bits per heavy atom. The topological polar surface area (TPSA) is 26.6 Å². The third-order valence-electron chi connectivity index (χ3n) is 4.23. The Labute approximate surface area is 122 Å². The number of fused-ring (bicyclic) bond motifs is 3. The number of benzene rings is 2. The molecule has 104 valence electrons. The number of aryl methyl sites for hydroxylation is 3. The summed E-state index contributed by atoms with van der Waals surface area (Å²) in [6.07, 6.45) is 3.65. The average Bonchev–Trinajstić information content (AvgIpc) is 3.02. The molecule has 0 amide bonds. The summed E-state index contributed by atoms with van der Waals surface area (Å²) in [5, 5.41) is 2.61. The highest BCUT2D eigenvalue weighted by Gasteiger charge is 2.14. The van der Waals surface area contributed by atoms with Gasteiger partial charge in [-0.15, -0.1) is 4.68 Å². The van der Waals surface area contributed by atoms with Crippen LogP contribution in [0.4, 0.5) is 0 Å². The van der Waals surface area contributed by atoms with Gasteiger partial charge in [0.05, 0.1) is 11.2 Å². The van der Waals surface area contributed by atoms with Crippen molar-refractivity contribution in [3.8, 4) is 5.69 Å². The molecular weight excluding hydrogens is 260 g/mol. The molecule has 4 nitrogen and oxygen atoms in total. The highest BCUT2D eigenvalue weighted by Crippen LogP contribution is 2.30. The van der Waals surface area contributed by atoms with E-state index >= 15 is 0 Å². The van der Waals surface area contributed by atoms with Crippen LogP contribution in [0.1, 0.15) is 5.56 Å². The van der Waals surface area contributed by atoms with Crippen LogP contribution in [-0.4, -0.2) is 14.2 Å². The highest BCUT2D eigenvalue weighted by atomic mass is 15.4. The number of para-hydroxylation sites is 1. The van der Waals surface area contributed by atoms with E-state index in [1.54, 1.807) is 0 Å². The molecule has 0 unspecified atom stereocenters. The molecule has 4 aromatic rings. The van der Waals surface area contributed by atoms with Crippen LogP contribution in [0.5, 0.6) is 0 Å². The first-order chi connectivity index (χ1) is 10.2. The Bertz CT molecular complexity index is 975. The van der Waals surface area contributed by atoms with Crippen LogP contribution >= 0.6 is 0 Å². The third kappa shape index (κ3) is 1.62. The maximum atomic E-state index is 4.20. The van der Waals surface area contributed by atoms with Gasteiger partial charge in [0.15, 0.2) is 0 Å². The molecule has 4 rings (SSSR count). The van der Waals surface area contributed by atoms with Gasteiger partial charge in [0.25, 0.3) is 0 Å². The number of aromatic nitrogens is 4. The molecule has 4 heteroatoms. The summed E-state index contributed by atoms with van der Waals surface area (Å²) in [6.45, 7) is 2.15. The smallest absolute Gasteiger partial charge is 0.306 e. The summed E-state index contributed by atoms with van der Waals surface area (Å²) in [5.41, 5.74) is 4.91. The van der Waals surface area contributed by atoms with Crippen LogP contribution in [0.2, 0.25) is 0 Å². The molecule has 0 aliphatic rings. The molecule has 0 fully saturated rings. The minimum absolute atomic E-state index is 1.16. The molecule has 0 aliphatic heterocycles. The fourth-order valence-corrected chi connectivity index (χ4v) is 3.11. The first-order valence-electron chi connectivity index (χ1n) is 7.03. The van der Waals surface area contributed by atoms with Crippen LogP contribution in [0.3, 0.4) is 0 Å². The minimum atomic E-state index is 1.16. The molecule has 2 aromatic carbocycles. The first-order valence-corrected chi connectivity index (χ1v) is 7.03. The fourth-order valence-electron chi connectivity index (χ4n) is 3.11. The van der Waals surface area contributed by atoms with Gasteiger partial charge < -0.3 is 4.57 Å². The van der Waals surface area contributed by atoms with Crippen LogP contribution in [0, 0.1) is 6.92 Å². The van der Waals surface area contributed by atoms with E-state index in [1.807, 2.05) is 24.4 Å². The Hall–Kier alpha value is -2.62. The van der Waals surface area contributed by atoms with Crippen molar-refractivity contribution in [3.63, 3.8) is 0 Å². The predicted octanol–water partition coefficient (Wildman–Crippen LogP) is 2.65. The zero-order chi connectivity index (χ0) is 14.6. The van der Waals surface area contributed by atoms with Crippen molar-refractivity contribution in [1.29, 1.82) is 0 Å². The second-order valence-corrected chi connectivity index (χ2v) is 5.53. The second kappa shape index (κ2) is 4.19. The molecule has 0 radical (unpaired) electrons. The SMILES string of the molecule is Cc1cc2c3ccccc3n(C)c2cc1-n1cnc[n+]1C. The lowest BCUT2D eigenvalue weighted by molar-refractivity contribution is -0.745. The molecular formula is C17H17N4+. The monoisotopic (exact) mass is 277 g/mol. The molecule has 0 aliphatic carbocycles. The Morgan fingerprint density at radius 2 is 1.86 bits per heavy atom. The Morgan fingerprint density at radius 3 is 2.62 bits per heavy atom. The van der Waals surface area contributed by atoms with E-state index in [1.165, 1.54) is 27.4 Å². The van der Waals surface area contributed by atoms with Gasteiger partial charge in [0, 0.05) is 23.3 Å². The molecule has 2 heterocycles. The summed E-state index contributed by atoms with van der Waals surface area (Å²) >= 11 is 0. The standard InChI is InChI=1S/C17H17N4/c1-12-8-14-13-6-4-5-7-15(13)20(3)17(14)9-16(12)21-11-18-10-19(21)2/h4-11H,1-3H3/q+1. The largest absolute Gasteiger partial charge is 0.344 e. The fraction of sp³-hybridized carbons (Fsp3) is 0.176. The molecule has 0 bridgehead atoms. The maximum Gasteiger partial charge on any atom is 0.306 e. The third-order valence-corrected chi connectivity index (χ3v) is 4.23. The van der Waals surface area contributed by atoms with Gasteiger partial charge >= 0.3 is 6.33 Å². The predicted molar refractivity (Wildman–Crippen MR) is 83.5 cm³/mol. The van der Waals surface area contributed by atoms with E-state index < -0.39 is 0 Å². The Kier molecular flexibility index (Phi) is 2.42. The van der Waals surface area contributed by atoms with Crippen molar-refractivity contribution in [2.45, 2.75) is 6.92 Å². The van der Waals surface area contributed by atoms with E-state index in [0.29, 0.717) is 0 Å². The van der Waals surface area contributed by atoms with Gasteiger partial charge in [-0.05, 0) is 35.7 Å². The lowest BCUT2D eigenvalue weighted by Gasteiger charge is -2.07. The van der Waals surface area contributed by atoms with Gasteiger partial charge in [-0.1, -0.05) is 18.2 Å². The molecule has 0 atom stereocenters. The average molecular weight is 277 g/mol. The Balaban J connectivity index is 2.13. The number of hydrogen-bond donors (Lipinski definition) is 0. The van der Waals surface area contributed by atoms with Gasteiger partial charge in [-0.25, -0.2) is 0 Å². The van der Waals surface area contributed by atoms with Gasteiger partial charge in [0.2, 0.25) is 6.33 Å². The van der Waals surface area contributed by atoms with E-state index in [2.05, 4.69) is 64.6 Å². The second-order valence-electron chi connectivity index (χ2n) is 5.53. The van der Waals surface area contributed by atoms with Crippen LogP contribution in [0.15, 0.2) is 49.1 Å². The summed E-state index contributed by atoms with van der Waals surface area (Å²) in [6, 6.07) is 13.1. The van der Waals surface area contributed by atoms with E-state index in [-0.39, 0.29) is 0 Å². The zero-order valence-electron chi connectivity index (χ0n) is 12.4. The van der Waals surface area contributed by atoms with Crippen molar-refractivity contribution >= 4 is 21.8 Å². The zero-order valence-corrected chi connectivity index (χ0v) is 12.4. The molecule has 2 aromatic heterocycles. The summed E-state index contributed by atoms with van der Waals surface area (Å²) in [4.78, 5) is 4.20. The van der Waals surface area contributed by atoms with Crippen LogP contribution in [0.25, 0.3) is 27.5 Å². The number of hydrogen-bond acceptors (Lipinski definition) is 1. The van der Waals surface area contributed by atoms with Gasteiger partial charge in [-0.2, -0.15) is 4.68 Å². The quantitative estimate of drug-likeness (QED) is 0.491. The van der Waals surface area contributed by atoms with Crippen LogP contribution < -0.4 is 4.68 Å². The molecule has 0 spiro atoms. The number of nitrogens with zero attached hydrogens (tertiary/aromatic N) is 4. The van der Waals surface area contributed by atoms with Gasteiger partial charge in [-0.3, -0.25) is 0 Å². The van der Waals surface area contributed by atoms with Crippen molar-refractivity contribution in [3.05, 3.63) is 54.6 Å². The summed E-state index contributed by atoms with van der Waals surface area (Å²) < 4.78 is 6.30. The van der Waals surface area contributed by atoms with Gasteiger partial charge in [0.1, 0.15) is 7.05 Å². The van der Waals surface area contributed by atoms with Crippen LogP contribution in [-0.2, 0) is 14.1 Å². The minimum Gasteiger partial charge on any atom is -0.344 e. The van der Waals surface area contributed by atoms with Crippen molar-refractivity contribution in [1.82, 2.24) is 14.2 Å². The highest BCUT2D eigenvalue weighted by molar-refractivity contribution is 6.08. The number of rotatable bonds is 1. The normalized spacial score (nSPS) is 11.6. The summed E-state index contributed by atoms with van der Waals surface area (Å²) in [7, 11) is 4.12. The van der Waals surface area contributed by atoms with E-state index in [0.717, 1.165) is 5.69 Å². The first kappa shape index (κ1) is 12.1. The van der Waals surface area contributed by atoms with E-state index in [4.69, 9.17) is 0 Å².